The molecule has 112 valence electrons. The quantitative estimate of drug-likeness (QED) is 0.717. The van der Waals surface area contributed by atoms with E-state index in [9.17, 15) is 13.6 Å². The number of halogens is 2. The number of alkyl halides is 2. The number of aliphatic hydroxyl groups excluding tert-OH is 1. The fourth-order valence-corrected chi connectivity index (χ4v) is 1.64. The number of carbonyl (C=O) groups is 1. The lowest BCUT2D eigenvalue weighted by Crippen LogP contribution is -2.35. The standard InChI is InChI=1S/C13H17F2NO4/c14-12(15)9-16(4-6-17)5-7-20-11-3-1-2-10(8-11)13(18)19/h1-3,8,12,17H,4-7,9H2,(H,18,19). The molecule has 0 fully saturated rings. The number of aliphatic hydroxyl groups is 1. The number of ether oxygens (including phenoxy) is 1. The lowest BCUT2D eigenvalue weighted by molar-refractivity contribution is 0.0686. The Balaban J connectivity index is 2.45. The van der Waals surface area contributed by atoms with Gasteiger partial charge in [-0.1, -0.05) is 6.07 Å². The third kappa shape index (κ3) is 5.94. The Labute approximate surface area is 115 Å². The normalized spacial score (nSPS) is 11.1. The summed E-state index contributed by atoms with van der Waals surface area (Å²) >= 11 is 0. The van der Waals surface area contributed by atoms with Gasteiger partial charge in [0.05, 0.1) is 18.7 Å². The summed E-state index contributed by atoms with van der Waals surface area (Å²) in [4.78, 5) is 12.1. The highest BCUT2D eigenvalue weighted by atomic mass is 19.3. The molecule has 20 heavy (non-hydrogen) atoms. The SMILES string of the molecule is O=C(O)c1cccc(OCCN(CCO)CC(F)F)c1. The van der Waals surface area contributed by atoms with Gasteiger partial charge in [-0.25, -0.2) is 13.6 Å². The minimum absolute atomic E-state index is 0.0993. The fourth-order valence-electron chi connectivity index (χ4n) is 1.64. The largest absolute Gasteiger partial charge is 0.492 e. The van der Waals surface area contributed by atoms with Gasteiger partial charge < -0.3 is 14.9 Å². The summed E-state index contributed by atoms with van der Waals surface area (Å²) in [5.74, 6) is -0.694. The predicted octanol–water partition coefficient (Wildman–Crippen LogP) is 1.32. The summed E-state index contributed by atoms with van der Waals surface area (Å²) in [5, 5.41) is 17.6. The van der Waals surface area contributed by atoms with Crippen LogP contribution in [-0.4, -0.2) is 60.4 Å². The minimum atomic E-state index is -2.48. The van der Waals surface area contributed by atoms with Crippen molar-refractivity contribution in [3.63, 3.8) is 0 Å². The number of aromatic carboxylic acids is 1. The molecule has 0 aliphatic heterocycles. The van der Waals surface area contributed by atoms with Gasteiger partial charge in [0.25, 0.3) is 6.43 Å². The van der Waals surface area contributed by atoms with Crippen molar-refractivity contribution >= 4 is 5.97 Å². The van der Waals surface area contributed by atoms with E-state index in [2.05, 4.69) is 0 Å². The van der Waals surface area contributed by atoms with Crippen LogP contribution in [-0.2, 0) is 0 Å². The van der Waals surface area contributed by atoms with Crippen LogP contribution in [0.1, 0.15) is 10.4 Å². The van der Waals surface area contributed by atoms with Crippen molar-refractivity contribution < 1.29 is 28.5 Å². The van der Waals surface area contributed by atoms with Crippen LogP contribution in [0.15, 0.2) is 24.3 Å². The molecule has 1 aromatic carbocycles. The van der Waals surface area contributed by atoms with E-state index in [0.717, 1.165) is 0 Å². The number of benzene rings is 1. The molecule has 5 nitrogen and oxygen atoms in total. The van der Waals surface area contributed by atoms with E-state index in [1.165, 1.54) is 17.0 Å². The van der Waals surface area contributed by atoms with Crippen molar-refractivity contribution in [3.8, 4) is 5.75 Å². The average Bonchev–Trinajstić information content (AvgIpc) is 2.38. The maximum absolute atomic E-state index is 12.3. The van der Waals surface area contributed by atoms with E-state index >= 15 is 0 Å². The average molecular weight is 289 g/mol. The van der Waals surface area contributed by atoms with Crippen LogP contribution in [0.25, 0.3) is 0 Å². The van der Waals surface area contributed by atoms with Crippen molar-refractivity contribution in [2.45, 2.75) is 6.43 Å². The Morgan fingerprint density at radius 2 is 2.10 bits per heavy atom. The monoisotopic (exact) mass is 289 g/mol. The molecule has 0 saturated carbocycles. The zero-order chi connectivity index (χ0) is 15.0. The third-order valence-electron chi connectivity index (χ3n) is 2.57. The summed E-state index contributed by atoms with van der Waals surface area (Å²) in [6, 6.07) is 5.94. The van der Waals surface area contributed by atoms with E-state index in [-0.39, 0.29) is 31.9 Å². The van der Waals surface area contributed by atoms with E-state index in [0.29, 0.717) is 5.75 Å². The molecule has 0 atom stereocenters. The fraction of sp³-hybridized carbons (Fsp3) is 0.462. The van der Waals surface area contributed by atoms with Gasteiger partial charge in [0.2, 0.25) is 0 Å². The van der Waals surface area contributed by atoms with Crippen LogP contribution in [0.5, 0.6) is 5.75 Å². The zero-order valence-corrected chi connectivity index (χ0v) is 10.8. The summed E-state index contributed by atoms with van der Waals surface area (Å²) in [6.45, 7) is -0.138. The van der Waals surface area contributed by atoms with Gasteiger partial charge in [0.15, 0.2) is 0 Å². The molecule has 0 aromatic heterocycles. The lowest BCUT2D eigenvalue weighted by Gasteiger charge is -2.20. The lowest BCUT2D eigenvalue weighted by atomic mass is 10.2. The van der Waals surface area contributed by atoms with Crippen molar-refractivity contribution in [2.24, 2.45) is 0 Å². The first-order chi connectivity index (χ1) is 9.52. The molecule has 7 heteroatoms. The molecule has 0 unspecified atom stereocenters. The molecule has 1 aromatic rings. The van der Waals surface area contributed by atoms with Gasteiger partial charge in [-0.05, 0) is 18.2 Å². The number of carboxylic acids is 1. The van der Waals surface area contributed by atoms with Gasteiger partial charge in [0, 0.05) is 13.1 Å². The minimum Gasteiger partial charge on any atom is -0.492 e. The van der Waals surface area contributed by atoms with Crippen molar-refractivity contribution in [1.82, 2.24) is 4.90 Å². The van der Waals surface area contributed by atoms with Gasteiger partial charge >= 0.3 is 5.97 Å². The summed E-state index contributed by atoms with van der Waals surface area (Å²) < 4.78 is 29.9. The number of rotatable bonds is 9. The highest BCUT2D eigenvalue weighted by molar-refractivity contribution is 5.87. The van der Waals surface area contributed by atoms with Crippen LogP contribution < -0.4 is 4.74 Å². The molecule has 2 N–H and O–H groups in total. The van der Waals surface area contributed by atoms with E-state index in [1.807, 2.05) is 0 Å². The van der Waals surface area contributed by atoms with E-state index < -0.39 is 18.9 Å². The van der Waals surface area contributed by atoms with Crippen molar-refractivity contribution in [1.29, 1.82) is 0 Å². The second-order valence-electron chi connectivity index (χ2n) is 4.10. The first-order valence-electron chi connectivity index (χ1n) is 6.10. The molecule has 0 bridgehead atoms. The molecule has 0 aliphatic carbocycles. The van der Waals surface area contributed by atoms with E-state index in [4.69, 9.17) is 14.9 Å². The van der Waals surface area contributed by atoms with Crippen LogP contribution in [0, 0.1) is 0 Å². The molecule has 0 spiro atoms. The summed E-state index contributed by atoms with van der Waals surface area (Å²) in [7, 11) is 0. The van der Waals surface area contributed by atoms with Crippen LogP contribution in [0.3, 0.4) is 0 Å². The Bertz CT molecular complexity index is 429. The number of hydrogen-bond donors (Lipinski definition) is 2. The van der Waals surface area contributed by atoms with Crippen LogP contribution in [0.2, 0.25) is 0 Å². The van der Waals surface area contributed by atoms with Gasteiger partial charge in [0.1, 0.15) is 12.4 Å². The third-order valence-corrected chi connectivity index (χ3v) is 2.57. The molecule has 1 rings (SSSR count). The molecule has 0 heterocycles. The molecular weight excluding hydrogens is 272 g/mol. The Morgan fingerprint density at radius 1 is 1.35 bits per heavy atom. The van der Waals surface area contributed by atoms with Crippen molar-refractivity contribution in [3.05, 3.63) is 29.8 Å². The van der Waals surface area contributed by atoms with Crippen LogP contribution >= 0.6 is 0 Å². The Morgan fingerprint density at radius 3 is 2.70 bits per heavy atom. The smallest absolute Gasteiger partial charge is 0.335 e. The second kappa shape index (κ2) is 8.44. The first kappa shape index (κ1) is 16.3. The first-order valence-corrected chi connectivity index (χ1v) is 6.10. The van der Waals surface area contributed by atoms with E-state index in [1.54, 1.807) is 12.1 Å². The molecule has 0 aliphatic rings. The van der Waals surface area contributed by atoms with Crippen LogP contribution in [0.4, 0.5) is 8.78 Å². The molecular formula is C13H17F2NO4. The summed E-state index contributed by atoms with van der Waals surface area (Å²) in [6.07, 6.45) is -2.48. The predicted molar refractivity (Wildman–Crippen MR) is 68.4 cm³/mol. The molecule has 0 saturated heterocycles. The highest BCUT2D eigenvalue weighted by Gasteiger charge is 2.11. The second-order valence-corrected chi connectivity index (χ2v) is 4.10. The molecule has 0 radical (unpaired) electrons. The van der Waals surface area contributed by atoms with Crippen molar-refractivity contribution in [2.75, 3.05) is 32.8 Å². The van der Waals surface area contributed by atoms with Gasteiger partial charge in [-0.15, -0.1) is 0 Å². The number of carboxylic acid groups (broad SMARTS) is 1. The maximum atomic E-state index is 12.3. The van der Waals surface area contributed by atoms with Gasteiger partial charge in [-0.2, -0.15) is 0 Å². The summed E-state index contributed by atoms with van der Waals surface area (Å²) in [5.41, 5.74) is 0.0993. The van der Waals surface area contributed by atoms with Gasteiger partial charge in [-0.3, -0.25) is 4.90 Å². The Kier molecular flexibility index (Phi) is 6.89. The maximum Gasteiger partial charge on any atom is 0.335 e. The highest BCUT2D eigenvalue weighted by Crippen LogP contribution is 2.13. The number of nitrogens with zero attached hydrogens (tertiary/aromatic N) is 1. The Hall–Kier alpha value is -1.73. The molecule has 0 amide bonds. The topological polar surface area (TPSA) is 70.0 Å². The number of hydrogen-bond acceptors (Lipinski definition) is 4. The zero-order valence-electron chi connectivity index (χ0n) is 10.8.